The van der Waals surface area contributed by atoms with E-state index >= 15 is 0 Å². The van der Waals surface area contributed by atoms with Gasteiger partial charge < -0.3 is 14.8 Å². The van der Waals surface area contributed by atoms with Crippen molar-refractivity contribution in [3.63, 3.8) is 0 Å². The summed E-state index contributed by atoms with van der Waals surface area (Å²) in [5.41, 5.74) is 1.30. The standard InChI is InChI=1S/C16H11Cl2NO3/c17-11-3-4-12(18)13(8-11)19-16(20)6-2-10-1-5-14-15(7-10)22-9-21-14/h1-8H,9H2,(H,19,20)/b6-2+. The van der Waals surface area contributed by atoms with Crippen LogP contribution in [0.5, 0.6) is 11.5 Å². The van der Waals surface area contributed by atoms with E-state index in [2.05, 4.69) is 5.32 Å². The molecule has 0 radical (unpaired) electrons. The van der Waals surface area contributed by atoms with Gasteiger partial charge in [-0.05, 0) is 42.0 Å². The number of benzene rings is 2. The predicted molar refractivity (Wildman–Crippen MR) is 86.7 cm³/mol. The summed E-state index contributed by atoms with van der Waals surface area (Å²) in [6.07, 6.45) is 3.09. The molecule has 1 heterocycles. The van der Waals surface area contributed by atoms with Crippen LogP contribution in [0.2, 0.25) is 10.0 Å². The van der Waals surface area contributed by atoms with Crippen molar-refractivity contribution in [3.8, 4) is 11.5 Å². The minimum absolute atomic E-state index is 0.219. The van der Waals surface area contributed by atoms with Crippen LogP contribution in [0.15, 0.2) is 42.5 Å². The summed E-state index contributed by atoms with van der Waals surface area (Å²) < 4.78 is 10.5. The van der Waals surface area contributed by atoms with E-state index in [1.165, 1.54) is 6.08 Å². The van der Waals surface area contributed by atoms with E-state index in [9.17, 15) is 4.79 Å². The SMILES string of the molecule is O=C(/C=C/c1ccc2c(c1)OCO2)Nc1cc(Cl)ccc1Cl. The summed E-state index contributed by atoms with van der Waals surface area (Å²) in [4.78, 5) is 11.9. The van der Waals surface area contributed by atoms with E-state index < -0.39 is 0 Å². The first-order chi connectivity index (χ1) is 10.6. The molecule has 0 bridgehead atoms. The third kappa shape index (κ3) is 3.35. The van der Waals surface area contributed by atoms with Gasteiger partial charge in [-0.3, -0.25) is 4.79 Å². The average Bonchev–Trinajstić information content (AvgIpc) is 2.96. The second kappa shape index (κ2) is 6.30. The van der Waals surface area contributed by atoms with E-state index in [0.717, 1.165) is 5.56 Å². The van der Waals surface area contributed by atoms with Crippen LogP contribution >= 0.6 is 23.2 Å². The van der Waals surface area contributed by atoms with Crippen molar-refractivity contribution in [3.05, 3.63) is 58.1 Å². The Bertz CT molecular complexity index is 759. The molecule has 0 spiro atoms. The van der Waals surface area contributed by atoms with Crippen LogP contribution in [0.3, 0.4) is 0 Å². The van der Waals surface area contributed by atoms with E-state index in [0.29, 0.717) is 27.2 Å². The molecule has 1 aliphatic rings. The lowest BCUT2D eigenvalue weighted by molar-refractivity contribution is -0.111. The van der Waals surface area contributed by atoms with Gasteiger partial charge in [0, 0.05) is 11.1 Å². The Kier molecular flexibility index (Phi) is 4.22. The lowest BCUT2D eigenvalue weighted by atomic mass is 10.2. The number of hydrogen-bond acceptors (Lipinski definition) is 3. The number of amides is 1. The van der Waals surface area contributed by atoms with Gasteiger partial charge in [-0.2, -0.15) is 0 Å². The van der Waals surface area contributed by atoms with Crippen LogP contribution in [0.1, 0.15) is 5.56 Å². The van der Waals surface area contributed by atoms with Crippen LogP contribution in [0.25, 0.3) is 6.08 Å². The fourth-order valence-electron chi connectivity index (χ4n) is 1.96. The summed E-state index contributed by atoms with van der Waals surface area (Å²) in [5.74, 6) is 1.06. The Morgan fingerprint density at radius 2 is 1.91 bits per heavy atom. The van der Waals surface area contributed by atoms with Crippen molar-refractivity contribution in [1.82, 2.24) is 0 Å². The molecule has 0 saturated heterocycles. The topological polar surface area (TPSA) is 47.6 Å². The normalized spacial score (nSPS) is 12.6. The van der Waals surface area contributed by atoms with E-state index in [4.69, 9.17) is 32.7 Å². The predicted octanol–water partition coefficient (Wildman–Crippen LogP) is 4.37. The van der Waals surface area contributed by atoms with Crippen molar-refractivity contribution in [1.29, 1.82) is 0 Å². The quantitative estimate of drug-likeness (QED) is 0.847. The third-order valence-electron chi connectivity index (χ3n) is 3.01. The first kappa shape index (κ1) is 14.8. The maximum Gasteiger partial charge on any atom is 0.248 e. The Hall–Kier alpha value is -2.17. The average molecular weight is 336 g/mol. The van der Waals surface area contributed by atoms with Crippen molar-refractivity contribution >= 4 is 40.9 Å². The number of carbonyl (C=O) groups is 1. The van der Waals surface area contributed by atoms with Crippen molar-refractivity contribution in [2.75, 3.05) is 12.1 Å². The zero-order chi connectivity index (χ0) is 15.5. The largest absolute Gasteiger partial charge is 0.454 e. The van der Waals surface area contributed by atoms with Crippen LogP contribution in [-0.2, 0) is 4.79 Å². The number of anilines is 1. The van der Waals surface area contributed by atoms with Crippen molar-refractivity contribution in [2.45, 2.75) is 0 Å². The van der Waals surface area contributed by atoms with Crippen LogP contribution in [0, 0.1) is 0 Å². The second-order valence-electron chi connectivity index (χ2n) is 4.56. The van der Waals surface area contributed by atoms with Gasteiger partial charge in [0.2, 0.25) is 12.7 Å². The molecule has 112 valence electrons. The molecule has 0 aliphatic carbocycles. The van der Waals surface area contributed by atoms with Gasteiger partial charge in [0.1, 0.15) is 0 Å². The van der Waals surface area contributed by atoms with Crippen LogP contribution < -0.4 is 14.8 Å². The Morgan fingerprint density at radius 1 is 1.09 bits per heavy atom. The minimum atomic E-state index is -0.304. The maximum atomic E-state index is 11.9. The second-order valence-corrected chi connectivity index (χ2v) is 5.40. The lowest BCUT2D eigenvalue weighted by Crippen LogP contribution is -2.08. The highest BCUT2D eigenvalue weighted by Crippen LogP contribution is 2.32. The monoisotopic (exact) mass is 335 g/mol. The zero-order valence-corrected chi connectivity index (χ0v) is 12.8. The highest BCUT2D eigenvalue weighted by molar-refractivity contribution is 6.35. The van der Waals surface area contributed by atoms with Crippen LogP contribution in [0.4, 0.5) is 5.69 Å². The molecule has 0 atom stereocenters. The van der Waals surface area contributed by atoms with Gasteiger partial charge >= 0.3 is 0 Å². The van der Waals surface area contributed by atoms with Gasteiger partial charge in [-0.25, -0.2) is 0 Å². The van der Waals surface area contributed by atoms with Gasteiger partial charge in [0.25, 0.3) is 0 Å². The molecule has 4 nitrogen and oxygen atoms in total. The molecule has 6 heteroatoms. The van der Waals surface area contributed by atoms with Gasteiger partial charge in [-0.15, -0.1) is 0 Å². The summed E-state index contributed by atoms with van der Waals surface area (Å²) >= 11 is 11.9. The molecule has 3 rings (SSSR count). The van der Waals surface area contributed by atoms with Crippen molar-refractivity contribution in [2.24, 2.45) is 0 Å². The Balaban J connectivity index is 1.70. The molecule has 0 fully saturated rings. The van der Waals surface area contributed by atoms with E-state index in [1.807, 2.05) is 6.07 Å². The highest BCUT2D eigenvalue weighted by atomic mass is 35.5. The van der Waals surface area contributed by atoms with Crippen LogP contribution in [-0.4, -0.2) is 12.7 Å². The first-order valence-electron chi connectivity index (χ1n) is 6.45. The van der Waals surface area contributed by atoms with Gasteiger partial charge in [0.15, 0.2) is 11.5 Å². The summed E-state index contributed by atoms with van der Waals surface area (Å²) in [5, 5.41) is 3.60. The molecule has 0 unspecified atom stereocenters. The smallest absolute Gasteiger partial charge is 0.248 e. The molecule has 22 heavy (non-hydrogen) atoms. The molecule has 1 amide bonds. The van der Waals surface area contributed by atoms with Crippen molar-refractivity contribution < 1.29 is 14.3 Å². The summed E-state index contributed by atoms with van der Waals surface area (Å²) in [7, 11) is 0. The Morgan fingerprint density at radius 3 is 2.77 bits per heavy atom. The zero-order valence-electron chi connectivity index (χ0n) is 11.3. The van der Waals surface area contributed by atoms with E-state index in [1.54, 1.807) is 36.4 Å². The summed E-state index contributed by atoms with van der Waals surface area (Å²) in [6.45, 7) is 0.219. The summed E-state index contributed by atoms with van der Waals surface area (Å²) in [6, 6.07) is 10.3. The van der Waals surface area contributed by atoms with Gasteiger partial charge in [-0.1, -0.05) is 29.3 Å². The fourth-order valence-corrected chi connectivity index (χ4v) is 2.29. The van der Waals surface area contributed by atoms with Gasteiger partial charge in [0.05, 0.1) is 10.7 Å². The minimum Gasteiger partial charge on any atom is -0.454 e. The first-order valence-corrected chi connectivity index (χ1v) is 7.21. The highest BCUT2D eigenvalue weighted by Gasteiger charge is 2.12. The molecule has 0 saturated carbocycles. The number of halogens is 2. The fraction of sp³-hybridized carbons (Fsp3) is 0.0625. The molecule has 1 aliphatic heterocycles. The molecule has 2 aromatic rings. The number of ether oxygens (including phenoxy) is 2. The molecular formula is C16H11Cl2NO3. The third-order valence-corrected chi connectivity index (χ3v) is 3.57. The number of rotatable bonds is 3. The lowest BCUT2D eigenvalue weighted by Gasteiger charge is -2.05. The number of hydrogen-bond donors (Lipinski definition) is 1. The molecule has 2 aromatic carbocycles. The van der Waals surface area contributed by atoms with E-state index in [-0.39, 0.29) is 12.7 Å². The molecule has 0 aromatic heterocycles. The maximum absolute atomic E-state index is 11.9. The molecular weight excluding hydrogens is 325 g/mol. The number of carbonyl (C=O) groups excluding carboxylic acids is 1. The molecule has 1 N–H and O–H groups in total. The Labute approximate surface area is 137 Å². The number of nitrogens with one attached hydrogen (secondary N) is 1. The number of fused-ring (bicyclic) bond motifs is 1.